The van der Waals surface area contributed by atoms with Crippen molar-refractivity contribution in [2.24, 2.45) is 7.05 Å². The first-order chi connectivity index (χ1) is 8.08. The number of hydrogen-bond acceptors (Lipinski definition) is 6. The van der Waals surface area contributed by atoms with Crippen molar-refractivity contribution in [3.63, 3.8) is 0 Å². The topological polar surface area (TPSA) is 80.8 Å². The lowest BCUT2D eigenvalue weighted by Crippen LogP contribution is -2.11. The summed E-state index contributed by atoms with van der Waals surface area (Å²) in [4.78, 5) is 11.3. The number of nitriles is 1. The fourth-order valence-corrected chi connectivity index (χ4v) is 1.85. The molecule has 17 heavy (non-hydrogen) atoms. The lowest BCUT2D eigenvalue weighted by molar-refractivity contribution is -0.142. The van der Waals surface area contributed by atoms with Gasteiger partial charge in [0.1, 0.15) is 12.2 Å². The van der Waals surface area contributed by atoms with E-state index in [1.54, 1.807) is 25.5 Å². The van der Waals surface area contributed by atoms with Crippen LogP contribution in [0.5, 0.6) is 0 Å². The van der Waals surface area contributed by atoms with Gasteiger partial charge in [-0.2, -0.15) is 5.26 Å². The Bertz CT molecular complexity index is 438. The van der Waals surface area contributed by atoms with Gasteiger partial charge in [0.2, 0.25) is 0 Å². The molecule has 6 nitrogen and oxygen atoms in total. The molecule has 1 rings (SSSR count). The van der Waals surface area contributed by atoms with Crippen LogP contribution in [0.2, 0.25) is 0 Å². The molecule has 1 atom stereocenters. The summed E-state index contributed by atoms with van der Waals surface area (Å²) in [6.07, 6.45) is 0.0961. The van der Waals surface area contributed by atoms with Crippen LogP contribution in [-0.4, -0.2) is 32.6 Å². The molecule has 92 valence electrons. The number of aromatic nitrogens is 3. The highest BCUT2D eigenvalue weighted by Gasteiger charge is 2.15. The lowest BCUT2D eigenvalue weighted by atomic mass is 10.4. The van der Waals surface area contributed by atoms with Crippen LogP contribution in [0, 0.1) is 11.3 Å². The molecule has 0 fully saturated rings. The third kappa shape index (κ3) is 3.75. The standard InChI is InChI=1S/C10H14N4O2S/c1-4-16-9(15)5-8-12-13-10(14(8)3)17-7(2)6-11/h7H,4-5H2,1-3H3/t7-/m0/s1. The minimum absolute atomic E-state index is 0.0961. The maximum atomic E-state index is 11.3. The molecule has 0 aliphatic heterocycles. The van der Waals surface area contributed by atoms with Gasteiger partial charge in [0.25, 0.3) is 0 Å². The first kappa shape index (κ1) is 13.5. The van der Waals surface area contributed by atoms with E-state index in [1.165, 1.54) is 11.8 Å². The smallest absolute Gasteiger partial charge is 0.313 e. The zero-order valence-corrected chi connectivity index (χ0v) is 10.8. The molecule has 0 spiro atoms. The SMILES string of the molecule is CCOC(=O)Cc1nnc(S[C@@H](C)C#N)n1C. The van der Waals surface area contributed by atoms with E-state index in [4.69, 9.17) is 10.00 Å². The Morgan fingerprint density at radius 1 is 1.65 bits per heavy atom. The van der Waals surface area contributed by atoms with Gasteiger partial charge in [-0.25, -0.2) is 0 Å². The third-order valence-electron chi connectivity index (χ3n) is 2.00. The molecule has 0 aromatic carbocycles. The Morgan fingerprint density at radius 2 is 2.35 bits per heavy atom. The number of esters is 1. The minimum atomic E-state index is -0.326. The van der Waals surface area contributed by atoms with Crippen molar-refractivity contribution in [3.05, 3.63) is 5.82 Å². The Labute approximate surface area is 104 Å². The number of carbonyl (C=O) groups is 1. The fraction of sp³-hybridized carbons (Fsp3) is 0.600. The Morgan fingerprint density at radius 3 is 2.94 bits per heavy atom. The Kier molecular flexibility index (Phi) is 4.97. The molecule has 0 unspecified atom stereocenters. The molecule has 0 saturated heterocycles. The molecule has 0 aliphatic carbocycles. The quantitative estimate of drug-likeness (QED) is 0.574. The lowest BCUT2D eigenvalue weighted by Gasteiger charge is -2.04. The largest absolute Gasteiger partial charge is 0.466 e. The number of rotatable bonds is 5. The average molecular weight is 254 g/mol. The summed E-state index contributed by atoms with van der Waals surface area (Å²) in [6.45, 7) is 3.89. The zero-order valence-electron chi connectivity index (χ0n) is 10.0. The van der Waals surface area contributed by atoms with Gasteiger partial charge in [-0.15, -0.1) is 10.2 Å². The van der Waals surface area contributed by atoms with Gasteiger partial charge in [-0.1, -0.05) is 11.8 Å². The predicted octanol–water partition coefficient (Wildman–Crippen LogP) is 0.925. The normalized spacial score (nSPS) is 11.9. The maximum Gasteiger partial charge on any atom is 0.313 e. The number of ether oxygens (including phenoxy) is 1. The van der Waals surface area contributed by atoms with Crippen molar-refractivity contribution in [3.8, 4) is 6.07 Å². The molecule has 0 N–H and O–H groups in total. The van der Waals surface area contributed by atoms with Gasteiger partial charge < -0.3 is 9.30 Å². The van der Waals surface area contributed by atoms with Crippen molar-refractivity contribution in [2.45, 2.75) is 30.7 Å². The average Bonchev–Trinajstić information content (AvgIpc) is 2.62. The molecule has 7 heteroatoms. The molecule has 1 heterocycles. The Hall–Kier alpha value is -1.55. The van der Waals surface area contributed by atoms with Gasteiger partial charge in [0.15, 0.2) is 5.16 Å². The van der Waals surface area contributed by atoms with E-state index < -0.39 is 0 Å². The highest BCUT2D eigenvalue weighted by atomic mass is 32.2. The fourth-order valence-electron chi connectivity index (χ4n) is 1.13. The van der Waals surface area contributed by atoms with Crippen LogP contribution in [0.4, 0.5) is 0 Å². The van der Waals surface area contributed by atoms with Gasteiger partial charge in [-0.3, -0.25) is 4.79 Å². The molecule has 1 aromatic heterocycles. The van der Waals surface area contributed by atoms with Crippen molar-refractivity contribution >= 4 is 17.7 Å². The van der Waals surface area contributed by atoms with Gasteiger partial charge in [0.05, 0.1) is 17.9 Å². The number of carbonyl (C=O) groups excluding carboxylic acids is 1. The van der Waals surface area contributed by atoms with Crippen LogP contribution in [0.3, 0.4) is 0 Å². The van der Waals surface area contributed by atoms with E-state index in [0.717, 1.165) is 0 Å². The highest BCUT2D eigenvalue weighted by molar-refractivity contribution is 8.00. The van der Waals surface area contributed by atoms with E-state index in [2.05, 4.69) is 16.3 Å². The molecular formula is C10H14N4O2S. The first-order valence-corrected chi connectivity index (χ1v) is 6.06. The van der Waals surface area contributed by atoms with Crippen molar-refractivity contribution in [1.29, 1.82) is 5.26 Å². The van der Waals surface area contributed by atoms with Crippen molar-refractivity contribution in [1.82, 2.24) is 14.8 Å². The summed E-state index contributed by atoms with van der Waals surface area (Å²) in [5.74, 6) is 0.212. The predicted molar refractivity (Wildman–Crippen MR) is 62.3 cm³/mol. The van der Waals surface area contributed by atoms with Gasteiger partial charge >= 0.3 is 5.97 Å². The summed E-state index contributed by atoms with van der Waals surface area (Å²) < 4.78 is 6.54. The van der Waals surface area contributed by atoms with Crippen LogP contribution < -0.4 is 0 Å². The van der Waals surface area contributed by atoms with E-state index >= 15 is 0 Å². The van der Waals surface area contributed by atoms with Crippen LogP contribution in [-0.2, 0) is 23.0 Å². The van der Waals surface area contributed by atoms with Crippen LogP contribution >= 0.6 is 11.8 Å². The summed E-state index contributed by atoms with van der Waals surface area (Å²) in [5, 5.41) is 17.0. The molecule has 0 saturated carbocycles. The number of nitrogens with zero attached hydrogens (tertiary/aromatic N) is 4. The van der Waals surface area contributed by atoms with Crippen LogP contribution in [0.25, 0.3) is 0 Å². The molecule has 0 amide bonds. The monoisotopic (exact) mass is 254 g/mol. The summed E-state index contributed by atoms with van der Waals surface area (Å²) in [5.41, 5.74) is 0. The van der Waals surface area contributed by atoms with Gasteiger partial charge in [-0.05, 0) is 13.8 Å². The van der Waals surface area contributed by atoms with E-state index in [0.29, 0.717) is 17.6 Å². The van der Waals surface area contributed by atoms with Crippen LogP contribution in [0.1, 0.15) is 19.7 Å². The molecular weight excluding hydrogens is 240 g/mol. The maximum absolute atomic E-state index is 11.3. The highest BCUT2D eigenvalue weighted by Crippen LogP contribution is 2.20. The number of thioether (sulfide) groups is 1. The first-order valence-electron chi connectivity index (χ1n) is 5.18. The third-order valence-corrected chi connectivity index (χ3v) is 3.02. The van der Waals surface area contributed by atoms with Crippen molar-refractivity contribution in [2.75, 3.05) is 6.61 Å². The molecule has 1 aromatic rings. The van der Waals surface area contributed by atoms with E-state index in [9.17, 15) is 4.79 Å². The number of hydrogen-bond donors (Lipinski definition) is 0. The second kappa shape index (κ2) is 6.25. The molecule has 0 radical (unpaired) electrons. The van der Waals surface area contributed by atoms with Crippen molar-refractivity contribution < 1.29 is 9.53 Å². The summed E-state index contributed by atoms with van der Waals surface area (Å²) >= 11 is 1.31. The molecule has 0 bridgehead atoms. The molecule has 0 aliphatic rings. The second-order valence-corrected chi connectivity index (χ2v) is 4.64. The summed E-state index contributed by atoms with van der Waals surface area (Å²) in [6, 6.07) is 2.10. The summed E-state index contributed by atoms with van der Waals surface area (Å²) in [7, 11) is 1.76. The minimum Gasteiger partial charge on any atom is -0.466 e. The van der Waals surface area contributed by atoms with E-state index in [1.807, 2.05) is 0 Å². The Balaban J connectivity index is 2.71. The second-order valence-electron chi connectivity index (χ2n) is 3.33. The van der Waals surface area contributed by atoms with Gasteiger partial charge in [0, 0.05) is 7.05 Å². The van der Waals surface area contributed by atoms with E-state index in [-0.39, 0.29) is 17.6 Å². The van der Waals surface area contributed by atoms with Crippen LogP contribution in [0.15, 0.2) is 5.16 Å². The zero-order chi connectivity index (χ0) is 12.8.